The Kier molecular flexibility index (Phi) is 6.17. The Morgan fingerprint density at radius 3 is 2.81 bits per heavy atom. The molecule has 1 aromatic carbocycles. The van der Waals surface area contributed by atoms with Crippen LogP contribution >= 0.6 is 23.4 Å². The topological polar surface area (TPSA) is 12.0 Å². The minimum absolute atomic E-state index is 0.279. The normalized spacial score (nSPS) is 12.8. The second kappa shape index (κ2) is 7.15. The number of halogens is 2. The van der Waals surface area contributed by atoms with Crippen molar-refractivity contribution in [2.75, 3.05) is 18.6 Å². The molecular formula is C12H17ClFNS. The molecule has 0 saturated carbocycles. The quantitative estimate of drug-likeness (QED) is 0.843. The number of hydrogen-bond acceptors (Lipinski definition) is 2. The van der Waals surface area contributed by atoms with E-state index >= 15 is 0 Å². The third-order valence-corrected chi connectivity index (χ3v) is 3.43. The Hall–Kier alpha value is -0.250. The zero-order valence-electron chi connectivity index (χ0n) is 9.59. The third-order valence-electron chi connectivity index (χ3n) is 2.34. The molecule has 1 unspecified atom stereocenters. The van der Waals surface area contributed by atoms with Gasteiger partial charge in [0.1, 0.15) is 5.82 Å². The fourth-order valence-electron chi connectivity index (χ4n) is 1.63. The summed E-state index contributed by atoms with van der Waals surface area (Å²) in [7, 11) is 0. The molecule has 1 aromatic rings. The molecule has 4 heteroatoms. The molecule has 1 nitrogen and oxygen atoms in total. The Labute approximate surface area is 106 Å². The van der Waals surface area contributed by atoms with Crippen molar-refractivity contribution in [2.24, 2.45) is 0 Å². The molecule has 0 saturated heterocycles. The lowest BCUT2D eigenvalue weighted by atomic mass is 10.1. The standard InChI is InChI=1S/C12H17ClFNS/c1-3-15-11(8-16-2)6-9-4-5-10(14)7-12(9)13/h4-5,7,11,15H,3,6,8H2,1-2H3. The van der Waals surface area contributed by atoms with Crippen molar-refractivity contribution in [3.63, 3.8) is 0 Å². The first-order valence-electron chi connectivity index (χ1n) is 5.33. The van der Waals surface area contributed by atoms with E-state index in [2.05, 4.69) is 18.5 Å². The summed E-state index contributed by atoms with van der Waals surface area (Å²) in [4.78, 5) is 0. The first kappa shape index (κ1) is 13.8. The van der Waals surface area contributed by atoms with Gasteiger partial charge in [0.15, 0.2) is 0 Å². The van der Waals surface area contributed by atoms with Crippen LogP contribution in [-0.2, 0) is 6.42 Å². The molecule has 0 amide bonds. The van der Waals surface area contributed by atoms with E-state index in [-0.39, 0.29) is 5.82 Å². The highest BCUT2D eigenvalue weighted by Gasteiger charge is 2.10. The summed E-state index contributed by atoms with van der Waals surface area (Å²) in [6, 6.07) is 4.99. The summed E-state index contributed by atoms with van der Waals surface area (Å²) in [5.74, 6) is 0.750. The van der Waals surface area contributed by atoms with Gasteiger partial charge < -0.3 is 5.32 Å². The molecule has 16 heavy (non-hydrogen) atoms. The van der Waals surface area contributed by atoms with E-state index in [9.17, 15) is 4.39 Å². The summed E-state index contributed by atoms with van der Waals surface area (Å²) >= 11 is 7.80. The molecule has 0 radical (unpaired) electrons. The highest BCUT2D eigenvalue weighted by Crippen LogP contribution is 2.19. The SMILES string of the molecule is CCNC(CSC)Cc1ccc(F)cc1Cl. The number of thioether (sulfide) groups is 1. The summed E-state index contributed by atoms with van der Waals surface area (Å²) in [5, 5.41) is 3.92. The summed E-state index contributed by atoms with van der Waals surface area (Å²) in [6.07, 6.45) is 2.92. The van der Waals surface area contributed by atoms with Crippen LogP contribution in [0.3, 0.4) is 0 Å². The van der Waals surface area contributed by atoms with Gasteiger partial charge in [-0.15, -0.1) is 0 Å². The predicted molar refractivity (Wildman–Crippen MR) is 71.0 cm³/mol. The third kappa shape index (κ3) is 4.32. The van der Waals surface area contributed by atoms with Crippen LogP contribution in [0.15, 0.2) is 18.2 Å². The van der Waals surface area contributed by atoms with Gasteiger partial charge in [0.25, 0.3) is 0 Å². The van der Waals surface area contributed by atoms with Crippen LogP contribution in [0, 0.1) is 5.82 Å². The highest BCUT2D eigenvalue weighted by molar-refractivity contribution is 7.98. The lowest BCUT2D eigenvalue weighted by Gasteiger charge is -2.17. The van der Waals surface area contributed by atoms with E-state index in [1.807, 2.05) is 0 Å². The minimum atomic E-state index is -0.279. The van der Waals surface area contributed by atoms with Crippen molar-refractivity contribution >= 4 is 23.4 Å². The number of likely N-dealkylation sites (N-methyl/N-ethyl adjacent to an activating group) is 1. The molecule has 0 aromatic heterocycles. The molecule has 0 aliphatic heterocycles. The molecular weight excluding hydrogens is 245 g/mol. The fraction of sp³-hybridized carbons (Fsp3) is 0.500. The monoisotopic (exact) mass is 261 g/mol. The molecule has 90 valence electrons. The first-order valence-corrected chi connectivity index (χ1v) is 7.10. The maximum Gasteiger partial charge on any atom is 0.124 e. The van der Waals surface area contributed by atoms with Crippen molar-refractivity contribution in [1.29, 1.82) is 0 Å². The molecule has 0 bridgehead atoms. The number of rotatable bonds is 6. The van der Waals surface area contributed by atoms with Crippen LogP contribution in [0.2, 0.25) is 5.02 Å². The van der Waals surface area contributed by atoms with Crippen molar-refractivity contribution in [3.05, 3.63) is 34.6 Å². The lowest BCUT2D eigenvalue weighted by Crippen LogP contribution is -2.33. The maximum atomic E-state index is 12.9. The maximum absolute atomic E-state index is 12.9. The molecule has 1 N–H and O–H groups in total. The van der Waals surface area contributed by atoms with Gasteiger partial charge in [-0.05, 0) is 36.9 Å². The van der Waals surface area contributed by atoms with Crippen LogP contribution in [0.1, 0.15) is 12.5 Å². The smallest absolute Gasteiger partial charge is 0.124 e. The van der Waals surface area contributed by atoms with Crippen LogP contribution < -0.4 is 5.32 Å². The Bertz CT molecular complexity index is 327. The van der Waals surface area contributed by atoms with Gasteiger partial charge in [-0.25, -0.2) is 4.39 Å². The van der Waals surface area contributed by atoms with Crippen LogP contribution in [0.4, 0.5) is 4.39 Å². The molecule has 1 rings (SSSR count). The zero-order valence-corrected chi connectivity index (χ0v) is 11.2. The van der Waals surface area contributed by atoms with Crippen molar-refractivity contribution in [1.82, 2.24) is 5.32 Å². The van der Waals surface area contributed by atoms with Gasteiger partial charge in [-0.2, -0.15) is 11.8 Å². The van der Waals surface area contributed by atoms with Gasteiger partial charge in [-0.3, -0.25) is 0 Å². The van der Waals surface area contributed by atoms with Gasteiger partial charge >= 0.3 is 0 Å². The second-order valence-corrected chi connectivity index (χ2v) is 4.97. The van der Waals surface area contributed by atoms with Gasteiger partial charge in [0, 0.05) is 16.8 Å². The lowest BCUT2D eigenvalue weighted by molar-refractivity contribution is 0.571. The van der Waals surface area contributed by atoms with Crippen molar-refractivity contribution < 1.29 is 4.39 Å². The minimum Gasteiger partial charge on any atom is -0.313 e. The van der Waals surface area contributed by atoms with E-state index in [0.717, 1.165) is 24.3 Å². The second-order valence-electron chi connectivity index (χ2n) is 3.65. The van der Waals surface area contributed by atoms with E-state index in [1.165, 1.54) is 12.1 Å². The van der Waals surface area contributed by atoms with Crippen molar-refractivity contribution in [3.8, 4) is 0 Å². The van der Waals surface area contributed by atoms with Crippen LogP contribution in [0.5, 0.6) is 0 Å². The predicted octanol–water partition coefficient (Wildman–Crippen LogP) is 3.36. The molecule has 0 heterocycles. The summed E-state index contributed by atoms with van der Waals surface area (Å²) in [5.41, 5.74) is 1.00. The van der Waals surface area contributed by atoms with E-state index < -0.39 is 0 Å². The molecule has 0 spiro atoms. The molecule has 0 fully saturated rings. The largest absolute Gasteiger partial charge is 0.313 e. The molecule has 1 atom stereocenters. The van der Waals surface area contributed by atoms with Gasteiger partial charge in [0.05, 0.1) is 0 Å². The average Bonchev–Trinajstić information content (AvgIpc) is 2.23. The van der Waals surface area contributed by atoms with Crippen molar-refractivity contribution in [2.45, 2.75) is 19.4 Å². The molecule has 0 aliphatic carbocycles. The van der Waals surface area contributed by atoms with E-state index in [4.69, 9.17) is 11.6 Å². The summed E-state index contributed by atoms with van der Waals surface area (Å²) in [6.45, 7) is 3.02. The molecule has 0 aliphatic rings. The van der Waals surface area contributed by atoms with Gasteiger partial charge in [-0.1, -0.05) is 24.6 Å². The Morgan fingerprint density at radius 1 is 1.50 bits per heavy atom. The highest BCUT2D eigenvalue weighted by atomic mass is 35.5. The number of benzene rings is 1. The average molecular weight is 262 g/mol. The Balaban J connectivity index is 2.68. The summed E-state index contributed by atoms with van der Waals surface area (Å²) < 4.78 is 12.9. The Morgan fingerprint density at radius 2 is 2.25 bits per heavy atom. The van der Waals surface area contributed by atoms with E-state index in [0.29, 0.717) is 11.1 Å². The first-order chi connectivity index (χ1) is 7.67. The van der Waals surface area contributed by atoms with E-state index in [1.54, 1.807) is 17.8 Å². The number of hydrogen-bond donors (Lipinski definition) is 1. The van der Waals surface area contributed by atoms with Gasteiger partial charge in [0.2, 0.25) is 0 Å². The number of nitrogens with one attached hydrogen (secondary N) is 1. The zero-order chi connectivity index (χ0) is 12.0. The fourth-order valence-corrected chi connectivity index (χ4v) is 2.52. The van der Waals surface area contributed by atoms with Crippen LogP contribution in [-0.4, -0.2) is 24.6 Å². The van der Waals surface area contributed by atoms with Crippen LogP contribution in [0.25, 0.3) is 0 Å².